The minimum Gasteiger partial charge on any atom is -0.480 e. The maximum Gasteiger partial charge on any atom is 0.326 e. The Balaban J connectivity index is 2.23. The van der Waals surface area contributed by atoms with Gasteiger partial charge >= 0.3 is 5.97 Å². The van der Waals surface area contributed by atoms with Gasteiger partial charge in [-0.25, -0.2) is 4.79 Å². The number of thioether (sulfide) groups is 2. The monoisotopic (exact) mass is 357 g/mol. The molecular weight excluding hydrogens is 342 g/mol. The van der Waals surface area contributed by atoms with Gasteiger partial charge in [0.15, 0.2) is 0 Å². The lowest BCUT2D eigenvalue weighted by molar-refractivity contribution is -0.145. The number of aryl methyl sites for hydroxylation is 1. The number of thiocarbonyl (C=S) groups is 1. The molecule has 0 unspecified atom stereocenters. The summed E-state index contributed by atoms with van der Waals surface area (Å²) in [5, 5.41) is 9.37. The lowest BCUT2D eigenvalue weighted by Crippen LogP contribution is -2.44. The van der Waals surface area contributed by atoms with Gasteiger partial charge in [-0.15, -0.1) is 0 Å². The second-order valence-corrected chi connectivity index (χ2v) is 7.30. The Morgan fingerprint density at radius 1 is 1.59 bits per heavy atom. The molecule has 0 aromatic carbocycles. The average Bonchev–Trinajstić information content (AvgIpc) is 2.97. The number of hydrogen-bond donors (Lipinski definition) is 1. The van der Waals surface area contributed by atoms with Crippen molar-refractivity contribution in [1.29, 1.82) is 0 Å². The predicted molar refractivity (Wildman–Crippen MR) is 92.9 cm³/mol. The highest BCUT2D eigenvalue weighted by Crippen LogP contribution is 2.35. The number of carbonyl (C=O) groups excluding carboxylic acids is 1. The molecule has 1 aliphatic rings. The molecule has 1 amide bonds. The van der Waals surface area contributed by atoms with E-state index in [9.17, 15) is 14.7 Å². The van der Waals surface area contributed by atoms with Crippen LogP contribution in [0.25, 0.3) is 6.08 Å². The Kier molecular flexibility index (Phi) is 5.71. The van der Waals surface area contributed by atoms with Crippen molar-refractivity contribution in [3.63, 3.8) is 0 Å². The molecule has 1 aromatic rings. The van der Waals surface area contributed by atoms with E-state index in [0.717, 1.165) is 17.5 Å². The van der Waals surface area contributed by atoms with Crippen LogP contribution in [0.5, 0.6) is 0 Å². The van der Waals surface area contributed by atoms with Crippen molar-refractivity contribution in [1.82, 2.24) is 4.90 Å². The van der Waals surface area contributed by atoms with Crippen molar-refractivity contribution in [2.75, 3.05) is 12.0 Å². The smallest absolute Gasteiger partial charge is 0.326 e. The maximum atomic E-state index is 12.5. The summed E-state index contributed by atoms with van der Waals surface area (Å²) in [5.74, 6) is 0.516. The van der Waals surface area contributed by atoms with Gasteiger partial charge in [0.1, 0.15) is 21.9 Å². The topological polar surface area (TPSA) is 70.8 Å². The van der Waals surface area contributed by atoms with Crippen LogP contribution >= 0.6 is 35.7 Å². The zero-order valence-electron chi connectivity index (χ0n) is 12.1. The first-order valence-electron chi connectivity index (χ1n) is 6.49. The maximum absolute atomic E-state index is 12.5. The summed E-state index contributed by atoms with van der Waals surface area (Å²) in [5.41, 5.74) is 0. The fourth-order valence-electron chi connectivity index (χ4n) is 2.00. The zero-order valence-corrected chi connectivity index (χ0v) is 14.5. The van der Waals surface area contributed by atoms with Crippen LogP contribution in [0.15, 0.2) is 21.5 Å². The number of rotatable bonds is 6. The van der Waals surface area contributed by atoms with Crippen molar-refractivity contribution in [3.8, 4) is 0 Å². The zero-order chi connectivity index (χ0) is 16.3. The molecule has 1 aliphatic heterocycles. The van der Waals surface area contributed by atoms with E-state index in [-0.39, 0.29) is 10.2 Å². The van der Waals surface area contributed by atoms with E-state index >= 15 is 0 Å². The van der Waals surface area contributed by atoms with E-state index in [0.29, 0.717) is 22.8 Å². The number of carboxylic acid groups (broad SMARTS) is 1. The van der Waals surface area contributed by atoms with Crippen LogP contribution in [-0.4, -0.2) is 44.3 Å². The Labute approximate surface area is 142 Å². The fourth-order valence-corrected chi connectivity index (χ4v) is 3.80. The molecule has 0 bridgehead atoms. The second kappa shape index (κ2) is 7.34. The van der Waals surface area contributed by atoms with E-state index in [4.69, 9.17) is 16.6 Å². The van der Waals surface area contributed by atoms with Crippen LogP contribution < -0.4 is 0 Å². The van der Waals surface area contributed by atoms with Crippen LogP contribution in [0.1, 0.15) is 17.9 Å². The number of furan rings is 1. The minimum absolute atomic E-state index is 0.271. The number of aliphatic carboxylic acids is 1. The molecule has 118 valence electrons. The molecule has 0 saturated carbocycles. The van der Waals surface area contributed by atoms with Crippen LogP contribution in [0.2, 0.25) is 0 Å². The molecule has 0 spiro atoms. The van der Waals surface area contributed by atoms with Gasteiger partial charge in [-0.05, 0) is 37.5 Å². The molecule has 22 heavy (non-hydrogen) atoms. The van der Waals surface area contributed by atoms with E-state index in [1.165, 1.54) is 16.7 Å². The summed E-state index contributed by atoms with van der Waals surface area (Å²) in [4.78, 5) is 25.5. The van der Waals surface area contributed by atoms with Gasteiger partial charge in [0.05, 0.1) is 4.91 Å². The quantitative estimate of drug-likeness (QED) is 0.620. The Morgan fingerprint density at radius 3 is 2.86 bits per heavy atom. The highest BCUT2D eigenvalue weighted by Gasteiger charge is 2.40. The molecule has 5 nitrogen and oxygen atoms in total. The van der Waals surface area contributed by atoms with Crippen molar-refractivity contribution >= 4 is 58.0 Å². The number of hydrogen-bond acceptors (Lipinski definition) is 6. The summed E-state index contributed by atoms with van der Waals surface area (Å²) in [7, 11) is 0. The van der Waals surface area contributed by atoms with Crippen molar-refractivity contribution in [3.05, 3.63) is 28.6 Å². The van der Waals surface area contributed by atoms with Gasteiger partial charge < -0.3 is 9.52 Å². The molecule has 1 atom stereocenters. The van der Waals surface area contributed by atoms with E-state index in [1.807, 2.05) is 13.2 Å². The Bertz CT molecular complexity index is 638. The van der Waals surface area contributed by atoms with Crippen LogP contribution in [0.4, 0.5) is 0 Å². The third-order valence-corrected chi connectivity index (χ3v) is 5.02. The lowest BCUT2D eigenvalue weighted by Gasteiger charge is -2.22. The molecule has 2 rings (SSSR count). The third-order valence-electron chi connectivity index (χ3n) is 3.05. The third kappa shape index (κ3) is 3.74. The summed E-state index contributed by atoms with van der Waals surface area (Å²) in [6.45, 7) is 1.81. The average molecular weight is 357 g/mol. The standard InChI is InChI=1S/C14H15NO4S3/c1-8-3-4-9(19-8)7-11-12(16)15(14(20)22-11)10(13(17)18)5-6-21-2/h3-4,7,10H,5-6H2,1-2H3,(H,17,18)/b11-7+/t10-/m0/s1. The fraction of sp³-hybridized carbons (Fsp3) is 0.357. The molecule has 1 fully saturated rings. The highest BCUT2D eigenvalue weighted by atomic mass is 32.2. The van der Waals surface area contributed by atoms with Crippen molar-refractivity contribution < 1.29 is 19.1 Å². The van der Waals surface area contributed by atoms with Crippen molar-refractivity contribution in [2.24, 2.45) is 0 Å². The minimum atomic E-state index is -1.04. The predicted octanol–water partition coefficient (Wildman–Crippen LogP) is 3.00. The SMILES string of the molecule is CSCC[C@@H](C(=O)O)N1C(=O)/C(=C\c2ccc(C)o2)SC1=S. The van der Waals surface area contributed by atoms with Crippen molar-refractivity contribution in [2.45, 2.75) is 19.4 Å². The number of amides is 1. The molecule has 0 aliphatic carbocycles. The van der Waals surface area contributed by atoms with Gasteiger partial charge in [-0.1, -0.05) is 24.0 Å². The lowest BCUT2D eigenvalue weighted by atomic mass is 10.2. The molecule has 2 heterocycles. The Morgan fingerprint density at radius 2 is 2.32 bits per heavy atom. The van der Waals surface area contributed by atoms with Gasteiger partial charge in [-0.3, -0.25) is 9.69 Å². The summed E-state index contributed by atoms with van der Waals surface area (Å²) in [6.07, 6.45) is 3.85. The molecule has 1 N–H and O–H groups in total. The summed E-state index contributed by atoms with van der Waals surface area (Å²) >= 11 is 7.83. The van der Waals surface area contributed by atoms with E-state index in [2.05, 4.69) is 0 Å². The number of carboxylic acids is 1. The van der Waals surface area contributed by atoms with E-state index in [1.54, 1.807) is 18.2 Å². The first kappa shape index (κ1) is 17.1. The van der Waals surface area contributed by atoms with Gasteiger partial charge in [-0.2, -0.15) is 11.8 Å². The van der Waals surface area contributed by atoms with Crippen LogP contribution in [-0.2, 0) is 9.59 Å². The number of nitrogens with zero attached hydrogens (tertiary/aromatic N) is 1. The molecule has 1 saturated heterocycles. The molecule has 8 heteroatoms. The van der Waals surface area contributed by atoms with Crippen LogP contribution in [0.3, 0.4) is 0 Å². The Hall–Kier alpha value is -1.25. The molecule has 0 radical (unpaired) electrons. The van der Waals surface area contributed by atoms with Crippen LogP contribution in [0, 0.1) is 6.92 Å². The van der Waals surface area contributed by atoms with Gasteiger partial charge in [0.2, 0.25) is 0 Å². The highest BCUT2D eigenvalue weighted by molar-refractivity contribution is 8.26. The molecule has 1 aromatic heterocycles. The first-order valence-corrected chi connectivity index (χ1v) is 9.11. The largest absolute Gasteiger partial charge is 0.480 e. The summed E-state index contributed by atoms with van der Waals surface area (Å²) < 4.78 is 5.69. The van der Waals surface area contributed by atoms with Gasteiger partial charge in [0.25, 0.3) is 5.91 Å². The summed E-state index contributed by atoms with van der Waals surface area (Å²) in [6, 6.07) is 2.62. The molecular formula is C14H15NO4S3. The first-order chi connectivity index (χ1) is 10.4. The number of carbonyl (C=O) groups is 2. The van der Waals surface area contributed by atoms with E-state index < -0.39 is 12.0 Å². The second-order valence-electron chi connectivity index (χ2n) is 4.64. The normalized spacial score (nSPS) is 18.3. The van der Waals surface area contributed by atoms with Gasteiger partial charge in [0, 0.05) is 6.08 Å².